The van der Waals surface area contributed by atoms with Crippen LogP contribution in [0.3, 0.4) is 0 Å². The van der Waals surface area contributed by atoms with E-state index in [0.717, 1.165) is 32.2 Å². The van der Waals surface area contributed by atoms with Gasteiger partial charge in [0.05, 0.1) is 6.07 Å². The molecule has 80 valence electrons. The van der Waals surface area contributed by atoms with E-state index in [9.17, 15) is 4.79 Å². The van der Waals surface area contributed by atoms with Crippen molar-refractivity contribution in [3.63, 3.8) is 0 Å². The first-order chi connectivity index (χ1) is 6.68. The van der Waals surface area contributed by atoms with E-state index in [1.165, 1.54) is 0 Å². The van der Waals surface area contributed by atoms with E-state index in [1.54, 1.807) is 0 Å². The highest BCUT2D eigenvalue weighted by molar-refractivity contribution is 5.77. The first kappa shape index (κ1) is 13.0. The predicted octanol–water partition coefficient (Wildman–Crippen LogP) is 2.23. The van der Waals surface area contributed by atoms with E-state index >= 15 is 0 Å². The molecule has 0 aliphatic heterocycles. The number of nitriles is 1. The maximum Gasteiger partial charge on any atom is 0.222 e. The number of nitrogens with one attached hydrogen (secondary N) is 1. The standard InChI is InChI=1S/C11H20N2O/c1-10(2)11(14)13-9-7-5-3-4-6-8-12/h10H,3-7,9H2,1-2H3,(H,13,14). The van der Waals surface area contributed by atoms with Gasteiger partial charge in [-0.05, 0) is 12.8 Å². The van der Waals surface area contributed by atoms with E-state index in [4.69, 9.17) is 5.26 Å². The Hall–Kier alpha value is -1.04. The van der Waals surface area contributed by atoms with Crippen LogP contribution in [0.2, 0.25) is 0 Å². The van der Waals surface area contributed by atoms with Crippen LogP contribution in [0.25, 0.3) is 0 Å². The van der Waals surface area contributed by atoms with Gasteiger partial charge in [0.25, 0.3) is 0 Å². The monoisotopic (exact) mass is 196 g/mol. The molecule has 3 nitrogen and oxygen atoms in total. The zero-order chi connectivity index (χ0) is 10.8. The molecule has 0 aromatic heterocycles. The molecule has 1 N–H and O–H groups in total. The Morgan fingerprint density at radius 2 is 1.93 bits per heavy atom. The van der Waals surface area contributed by atoms with Gasteiger partial charge in [-0.25, -0.2) is 0 Å². The lowest BCUT2D eigenvalue weighted by Gasteiger charge is -2.06. The number of carbonyl (C=O) groups is 1. The molecule has 0 saturated heterocycles. The van der Waals surface area contributed by atoms with Gasteiger partial charge in [0.2, 0.25) is 5.91 Å². The van der Waals surface area contributed by atoms with Gasteiger partial charge in [-0.1, -0.05) is 26.7 Å². The quantitative estimate of drug-likeness (QED) is 0.635. The van der Waals surface area contributed by atoms with E-state index < -0.39 is 0 Å². The number of carbonyl (C=O) groups excluding carboxylic acids is 1. The normalized spacial score (nSPS) is 9.86. The molecule has 0 aromatic carbocycles. The molecule has 3 heteroatoms. The van der Waals surface area contributed by atoms with E-state index in [1.807, 2.05) is 13.8 Å². The van der Waals surface area contributed by atoms with Crippen molar-refractivity contribution in [3.05, 3.63) is 0 Å². The Morgan fingerprint density at radius 1 is 1.29 bits per heavy atom. The van der Waals surface area contributed by atoms with Crippen molar-refractivity contribution in [3.8, 4) is 6.07 Å². The number of hydrogen-bond donors (Lipinski definition) is 1. The summed E-state index contributed by atoms with van der Waals surface area (Å²) < 4.78 is 0. The average molecular weight is 196 g/mol. The van der Waals surface area contributed by atoms with Crippen LogP contribution >= 0.6 is 0 Å². The summed E-state index contributed by atoms with van der Waals surface area (Å²) in [4.78, 5) is 11.1. The summed E-state index contributed by atoms with van der Waals surface area (Å²) in [6, 6.07) is 2.12. The largest absolute Gasteiger partial charge is 0.356 e. The number of hydrogen-bond acceptors (Lipinski definition) is 2. The van der Waals surface area contributed by atoms with Crippen LogP contribution in [0.4, 0.5) is 0 Å². The molecule has 0 heterocycles. The molecule has 14 heavy (non-hydrogen) atoms. The summed E-state index contributed by atoms with van der Waals surface area (Å²) in [5.74, 6) is 0.204. The minimum absolute atomic E-state index is 0.0774. The lowest BCUT2D eigenvalue weighted by Crippen LogP contribution is -2.28. The molecule has 1 amide bonds. The summed E-state index contributed by atoms with van der Waals surface area (Å²) in [6.07, 6.45) is 4.84. The third kappa shape index (κ3) is 7.60. The molecular formula is C11H20N2O. The molecule has 0 rings (SSSR count). The lowest BCUT2D eigenvalue weighted by molar-refractivity contribution is -0.123. The second kappa shape index (κ2) is 8.55. The maximum atomic E-state index is 11.1. The minimum Gasteiger partial charge on any atom is -0.356 e. The number of unbranched alkanes of at least 4 members (excludes halogenated alkanes) is 4. The lowest BCUT2D eigenvalue weighted by atomic mass is 10.1. The van der Waals surface area contributed by atoms with Gasteiger partial charge in [0.1, 0.15) is 0 Å². The highest BCUT2D eigenvalue weighted by atomic mass is 16.1. The van der Waals surface area contributed by atoms with Gasteiger partial charge in [-0.3, -0.25) is 4.79 Å². The molecule has 0 aromatic rings. The first-order valence-corrected chi connectivity index (χ1v) is 5.33. The van der Waals surface area contributed by atoms with Crippen LogP contribution in [0.1, 0.15) is 46.0 Å². The van der Waals surface area contributed by atoms with E-state index in [0.29, 0.717) is 6.42 Å². The predicted molar refractivity (Wildman–Crippen MR) is 56.5 cm³/mol. The fourth-order valence-electron chi connectivity index (χ4n) is 1.10. The van der Waals surface area contributed by atoms with Crippen LogP contribution in [0.5, 0.6) is 0 Å². The fraction of sp³-hybridized carbons (Fsp3) is 0.818. The highest BCUT2D eigenvalue weighted by Crippen LogP contribution is 2.01. The van der Waals surface area contributed by atoms with Crippen molar-refractivity contribution in [1.82, 2.24) is 5.32 Å². The second-order valence-electron chi connectivity index (χ2n) is 3.77. The van der Waals surface area contributed by atoms with Crippen LogP contribution in [0.15, 0.2) is 0 Å². The van der Waals surface area contributed by atoms with E-state index in [2.05, 4.69) is 11.4 Å². The summed E-state index contributed by atoms with van der Waals surface area (Å²) in [5, 5.41) is 11.2. The molecule has 0 bridgehead atoms. The number of amides is 1. The van der Waals surface area contributed by atoms with Crippen molar-refractivity contribution in [2.24, 2.45) is 5.92 Å². The third-order valence-corrected chi connectivity index (χ3v) is 2.04. The molecule has 0 aliphatic carbocycles. The molecule has 0 unspecified atom stereocenters. The zero-order valence-electron chi connectivity index (χ0n) is 9.18. The van der Waals surface area contributed by atoms with Crippen molar-refractivity contribution in [1.29, 1.82) is 5.26 Å². The molecule has 0 aliphatic rings. The third-order valence-electron chi connectivity index (χ3n) is 2.04. The Bertz CT molecular complexity index is 194. The van der Waals surface area contributed by atoms with Gasteiger partial charge in [-0.2, -0.15) is 5.26 Å². The van der Waals surface area contributed by atoms with Gasteiger partial charge in [0.15, 0.2) is 0 Å². The Morgan fingerprint density at radius 3 is 2.50 bits per heavy atom. The van der Waals surface area contributed by atoms with Gasteiger partial charge >= 0.3 is 0 Å². The second-order valence-corrected chi connectivity index (χ2v) is 3.77. The molecule has 0 spiro atoms. The summed E-state index contributed by atoms with van der Waals surface area (Å²) in [5.41, 5.74) is 0. The topological polar surface area (TPSA) is 52.9 Å². The zero-order valence-corrected chi connectivity index (χ0v) is 9.18. The Labute approximate surface area is 86.5 Å². The highest BCUT2D eigenvalue weighted by Gasteiger charge is 2.04. The fourth-order valence-corrected chi connectivity index (χ4v) is 1.10. The number of rotatable bonds is 7. The SMILES string of the molecule is CC(C)C(=O)NCCCCCCC#N. The van der Waals surface area contributed by atoms with Crippen molar-refractivity contribution in [2.45, 2.75) is 46.0 Å². The molecule has 0 fully saturated rings. The summed E-state index contributed by atoms with van der Waals surface area (Å²) in [7, 11) is 0. The van der Waals surface area contributed by atoms with Crippen LogP contribution in [-0.4, -0.2) is 12.5 Å². The Balaban J connectivity index is 3.14. The van der Waals surface area contributed by atoms with Crippen molar-refractivity contribution in [2.75, 3.05) is 6.54 Å². The maximum absolute atomic E-state index is 11.1. The first-order valence-electron chi connectivity index (χ1n) is 5.33. The van der Waals surface area contributed by atoms with E-state index in [-0.39, 0.29) is 11.8 Å². The Kier molecular flexibility index (Phi) is 7.92. The van der Waals surface area contributed by atoms with Crippen molar-refractivity contribution >= 4 is 5.91 Å². The summed E-state index contributed by atoms with van der Waals surface area (Å²) >= 11 is 0. The minimum atomic E-state index is 0.0774. The van der Waals surface area contributed by atoms with Crippen LogP contribution < -0.4 is 5.32 Å². The van der Waals surface area contributed by atoms with Crippen LogP contribution in [0, 0.1) is 17.2 Å². The van der Waals surface area contributed by atoms with Gasteiger partial charge in [-0.15, -0.1) is 0 Å². The van der Waals surface area contributed by atoms with Crippen molar-refractivity contribution < 1.29 is 4.79 Å². The molecule has 0 radical (unpaired) electrons. The smallest absolute Gasteiger partial charge is 0.222 e. The average Bonchev–Trinajstić information content (AvgIpc) is 2.16. The number of nitrogens with zero attached hydrogens (tertiary/aromatic N) is 1. The molecular weight excluding hydrogens is 176 g/mol. The van der Waals surface area contributed by atoms with Gasteiger partial charge < -0.3 is 5.32 Å². The molecule has 0 atom stereocenters. The molecule has 0 saturated carbocycles. The van der Waals surface area contributed by atoms with Gasteiger partial charge in [0, 0.05) is 18.9 Å². The summed E-state index contributed by atoms with van der Waals surface area (Å²) in [6.45, 7) is 4.55. The van der Waals surface area contributed by atoms with Crippen LogP contribution in [-0.2, 0) is 4.79 Å².